The fraction of sp³-hybridized carbons (Fsp3) is 0.476. The first-order chi connectivity index (χ1) is 14.1. The molecule has 2 aliphatic heterocycles. The summed E-state index contributed by atoms with van der Waals surface area (Å²) in [6, 6.07) is 9.35. The third kappa shape index (κ3) is 3.37. The van der Waals surface area contributed by atoms with Crippen LogP contribution in [0.4, 0.5) is 5.82 Å². The number of methoxy groups -OCH3 is 2. The van der Waals surface area contributed by atoms with E-state index in [2.05, 4.69) is 5.16 Å². The largest absolute Gasteiger partial charge is 0.465 e. The van der Waals surface area contributed by atoms with Crippen molar-refractivity contribution in [3.8, 4) is 11.3 Å². The van der Waals surface area contributed by atoms with E-state index in [9.17, 15) is 9.59 Å². The van der Waals surface area contributed by atoms with Gasteiger partial charge >= 0.3 is 5.97 Å². The van der Waals surface area contributed by atoms with Gasteiger partial charge in [0.1, 0.15) is 0 Å². The van der Waals surface area contributed by atoms with E-state index in [0.717, 1.165) is 24.9 Å². The Kier molecular flexibility index (Phi) is 5.27. The standard InChI is InChI=1S/C21H25N3O5/c1-27-13-12-23-10-8-21(20(23)26)9-11-24(14-21)18-16(19(25)28-2)17(29-22-18)15-6-4-3-5-7-15/h3-7H,8-14H2,1-2H3. The normalized spacial score (nSPS) is 21.4. The van der Waals surface area contributed by atoms with Crippen molar-refractivity contribution in [2.75, 3.05) is 51.9 Å². The number of rotatable bonds is 6. The number of hydrogen-bond donors (Lipinski definition) is 0. The number of anilines is 1. The summed E-state index contributed by atoms with van der Waals surface area (Å²) in [5, 5.41) is 4.20. The molecule has 1 atom stereocenters. The van der Waals surface area contributed by atoms with E-state index in [1.165, 1.54) is 7.11 Å². The lowest BCUT2D eigenvalue weighted by Gasteiger charge is -2.23. The van der Waals surface area contributed by atoms with Crippen molar-refractivity contribution in [2.45, 2.75) is 12.8 Å². The van der Waals surface area contributed by atoms with Crippen LogP contribution >= 0.6 is 0 Å². The van der Waals surface area contributed by atoms with Gasteiger partial charge < -0.3 is 23.8 Å². The molecule has 8 nitrogen and oxygen atoms in total. The predicted octanol–water partition coefficient (Wildman–Crippen LogP) is 2.20. The van der Waals surface area contributed by atoms with Crippen LogP contribution in [0.3, 0.4) is 0 Å². The molecule has 2 aromatic rings. The number of ether oxygens (including phenoxy) is 2. The Hall–Kier alpha value is -2.87. The molecule has 1 aromatic carbocycles. The van der Waals surface area contributed by atoms with Crippen molar-refractivity contribution in [1.82, 2.24) is 10.1 Å². The molecule has 29 heavy (non-hydrogen) atoms. The van der Waals surface area contributed by atoms with Crippen LogP contribution in [0.5, 0.6) is 0 Å². The highest BCUT2D eigenvalue weighted by Crippen LogP contribution is 2.43. The number of carbonyl (C=O) groups excluding carboxylic acids is 2. The van der Waals surface area contributed by atoms with Crippen molar-refractivity contribution in [1.29, 1.82) is 0 Å². The number of aromatic nitrogens is 1. The van der Waals surface area contributed by atoms with Crippen molar-refractivity contribution >= 4 is 17.7 Å². The number of esters is 1. The van der Waals surface area contributed by atoms with Crippen LogP contribution in [0, 0.1) is 5.41 Å². The van der Waals surface area contributed by atoms with Gasteiger partial charge in [-0.25, -0.2) is 4.79 Å². The zero-order valence-corrected chi connectivity index (χ0v) is 16.7. The van der Waals surface area contributed by atoms with Gasteiger partial charge in [0.2, 0.25) is 5.91 Å². The van der Waals surface area contributed by atoms with E-state index >= 15 is 0 Å². The third-order valence-electron chi connectivity index (χ3n) is 5.92. The highest BCUT2D eigenvalue weighted by atomic mass is 16.5. The Bertz CT molecular complexity index is 897. The highest BCUT2D eigenvalue weighted by molar-refractivity contribution is 6.01. The van der Waals surface area contributed by atoms with Crippen LogP contribution in [0.2, 0.25) is 0 Å². The molecular formula is C21H25N3O5. The van der Waals surface area contributed by atoms with Crippen LogP contribution in [-0.4, -0.2) is 68.9 Å². The van der Waals surface area contributed by atoms with Crippen LogP contribution in [-0.2, 0) is 14.3 Å². The monoisotopic (exact) mass is 399 g/mol. The second kappa shape index (κ2) is 7.87. The van der Waals surface area contributed by atoms with Gasteiger partial charge in [-0.1, -0.05) is 35.5 Å². The topological polar surface area (TPSA) is 85.1 Å². The molecule has 8 heteroatoms. The maximum absolute atomic E-state index is 13.0. The number of benzene rings is 1. The maximum atomic E-state index is 13.0. The molecule has 1 spiro atoms. The minimum atomic E-state index is -0.500. The molecule has 1 aromatic heterocycles. The lowest BCUT2D eigenvalue weighted by Crippen LogP contribution is -2.38. The highest BCUT2D eigenvalue weighted by Gasteiger charge is 2.51. The van der Waals surface area contributed by atoms with E-state index < -0.39 is 11.4 Å². The molecule has 0 radical (unpaired) electrons. The van der Waals surface area contributed by atoms with E-state index in [-0.39, 0.29) is 5.91 Å². The average molecular weight is 399 g/mol. The molecular weight excluding hydrogens is 374 g/mol. The molecule has 154 valence electrons. The number of nitrogens with zero attached hydrogens (tertiary/aromatic N) is 3. The van der Waals surface area contributed by atoms with E-state index in [1.54, 1.807) is 7.11 Å². The molecule has 0 aliphatic carbocycles. The van der Waals surface area contributed by atoms with Gasteiger partial charge in [-0.05, 0) is 12.8 Å². The number of amides is 1. The van der Waals surface area contributed by atoms with Gasteiger partial charge in [-0.3, -0.25) is 4.79 Å². The van der Waals surface area contributed by atoms with E-state index in [1.807, 2.05) is 40.1 Å². The molecule has 1 amide bonds. The molecule has 2 saturated heterocycles. The molecule has 4 rings (SSSR count). The lowest BCUT2D eigenvalue weighted by atomic mass is 9.85. The number of carbonyl (C=O) groups is 2. The summed E-state index contributed by atoms with van der Waals surface area (Å²) in [5.74, 6) is 0.479. The van der Waals surface area contributed by atoms with Gasteiger partial charge in [-0.15, -0.1) is 0 Å². The second-order valence-corrected chi connectivity index (χ2v) is 7.55. The van der Waals surface area contributed by atoms with Gasteiger partial charge in [0.05, 0.1) is 19.1 Å². The Morgan fingerprint density at radius 3 is 2.69 bits per heavy atom. The molecule has 2 fully saturated rings. The summed E-state index contributed by atoms with van der Waals surface area (Å²) in [6.45, 7) is 3.01. The van der Waals surface area contributed by atoms with E-state index in [4.69, 9.17) is 14.0 Å². The van der Waals surface area contributed by atoms with Crippen LogP contribution in [0.1, 0.15) is 23.2 Å². The Morgan fingerprint density at radius 1 is 1.21 bits per heavy atom. The van der Waals surface area contributed by atoms with Crippen LogP contribution < -0.4 is 4.90 Å². The van der Waals surface area contributed by atoms with Crippen molar-refractivity contribution in [3.05, 3.63) is 35.9 Å². The summed E-state index contributed by atoms with van der Waals surface area (Å²) in [5.41, 5.74) is 0.619. The summed E-state index contributed by atoms with van der Waals surface area (Å²) >= 11 is 0. The summed E-state index contributed by atoms with van der Waals surface area (Å²) in [7, 11) is 2.98. The summed E-state index contributed by atoms with van der Waals surface area (Å²) in [6.07, 6.45) is 1.52. The number of likely N-dealkylation sites (tertiary alicyclic amines) is 1. The third-order valence-corrected chi connectivity index (χ3v) is 5.92. The molecule has 0 saturated carbocycles. The quantitative estimate of drug-likeness (QED) is 0.689. The van der Waals surface area contributed by atoms with Crippen LogP contribution in [0.25, 0.3) is 11.3 Å². The molecule has 0 bridgehead atoms. The van der Waals surface area contributed by atoms with Gasteiger partial charge in [-0.2, -0.15) is 0 Å². The minimum Gasteiger partial charge on any atom is -0.465 e. The van der Waals surface area contributed by atoms with Gasteiger partial charge in [0.25, 0.3) is 0 Å². The van der Waals surface area contributed by atoms with Gasteiger partial charge in [0, 0.05) is 38.9 Å². The SMILES string of the molecule is COCCN1CCC2(CCN(c3noc(-c4ccccc4)c3C(=O)OC)C2)C1=O. The van der Waals surface area contributed by atoms with Crippen molar-refractivity contribution in [2.24, 2.45) is 5.41 Å². The first kappa shape index (κ1) is 19.4. The molecule has 0 N–H and O–H groups in total. The Labute approximate surface area is 169 Å². The average Bonchev–Trinajstić information content (AvgIpc) is 3.45. The smallest absolute Gasteiger partial charge is 0.345 e. The lowest BCUT2D eigenvalue weighted by molar-refractivity contribution is -0.135. The summed E-state index contributed by atoms with van der Waals surface area (Å²) in [4.78, 5) is 29.4. The minimum absolute atomic E-state index is 0.156. The zero-order chi connectivity index (χ0) is 20.4. The molecule has 3 heterocycles. The predicted molar refractivity (Wildman–Crippen MR) is 106 cm³/mol. The van der Waals surface area contributed by atoms with Crippen LogP contribution in [0.15, 0.2) is 34.9 Å². The fourth-order valence-electron chi connectivity index (χ4n) is 4.31. The Morgan fingerprint density at radius 2 is 1.97 bits per heavy atom. The Balaban J connectivity index is 1.61. The van der Waals surface area contributed by atoms with Crippen molar-refractivity contribution < 1.29 is 23.6 Å². The van der Waals surface area contributed by atoms with Crippen molar-refractivity contribution in [3.63, 3.8) is 0 Å². The maximum Gasteiger partial charge on any atom is 0.345 e. The first-order valence-corrected chi connectivity index (χ1v) is 9.76. The number of hydrogen-bond acceptors (Lipinski definition) is 7. The molecule has 2 aliphatic rings. The van der Waals surface area contributed by atoms with Gasteiger partial charge in [0.15, 0.2) is 17.1 Å². The summed E-state index contributed by atoms with van der Waals surface area (Å²) < 4.78 is 15.7. The van der Waals surface area contributed by atoms with E-state index in [0.29, 0.717) is 43.4 Å². The first-order valence-electron chi connectivity index (χ1n) is 9.76. The molecule has 1 unspecified atom stereocenters. The zero-order valence-electron chi connectivity index (χ0n) is 16.7. The second-order valence-electron chi connectivity index (χ2n) is 7.55. The fourth-order valence-corrected chi connectivity index (χ4v) is 4.31.